The lowest BCUT2D eigenvalue weighted by Gasteiger charge is -2.25. The standard InChI is InChI=1S/C26H30F3N3O6/c1-6-36-23(33)25(3,4)38-21-12-11-20(15-17(21)2)37-16-22-30-32(24(34)31(22)13-14-35-5)19-9-7-18(8-10-19)26(27,28)29/h7-12,15H,6,13-14,16H2,1-5H3. The maximum Gasteiger partial charge on any atom is 0.416 e. The lowest BCUT2D eigenvalue weighted by molar-refractivity contribution is -0.158. The monoisotopic (exact) mass is 537 g/mol. The van der Waals surface area contributed by atoms with E-state index in [0.29, 0.717) is 17.1 Å². The first-order valence-electron chi connectivity index (χ1n) is 11.8. The number of rotatable bonds is 11. The normalized spacial score (nSPS) is 11.9. The summed E-state index contributed by atoms with van der Waals surface area (Å²) < 4.78 is 63.0. The molecule has 0 aliphatic carbocycles. The molecule has 38 heavy (non-hydrogen) atoms. The van der Waals surface area contributed by atoms with Crippen LogP contribution in [0.1, 0.15) is 37.7 Å². The van der Waals surface area contributed by atoms with Crippen LogP contribution in [-0.4, -0.2) is 46.2 Å². The van der Waals surface area contributed by atoms with E-state index >= 15 is 0 Å². The van der Waals surface area contributed by atoms with Gasteiger partial charge in [0, 0.05) is 7.11 Å². The van der Waals surface area contributed by atoms with E-state index in [1.54, 1.807) is 45.9 Å². The number of aromatic nitrogens is 3. The Hall–Kier alpha value is -3.80. The third-order valence-corrected chi connectivity index (χ3v) is 5.54. The quantitative estimate of drug-likeness (QED) is 0.337. The topological polar surface area (TPSA) is 93.8 Å². The Bertz CT molecular complexity index is 1310. The molecule has 1 heterocycles. The molecule has 0 bridgehead atoms. The van der Waals surface area contributed by atoms with E-state index in [4.69, 9.17) is 18.9 Å². The molecule has 0 amide bonds. The molecule has 0 fully saturated rings. The molecule has 1 aromatic heterocycles. The van der Waals surface area contributed by atoms with Crippen molar-refractivity contribution in [3.63, 3.8) is 0 Å². The number of carbonyl (C=O) groups is 1. The molecular weight excluding hydrogens is 507 g/mol. The maximum absolute atomic E-state index is 13.0. The number of carbonyl (C=O) groups excluding carboxylic acids is 1. The van der Waals surface area contributed by atoms with E-state index < -0.39 is 29.0 Å². The van der Waals surface area contributed by atoms with Gasteiger partial charge in [0.25, 0.3) is 0 Å². The third kappa shape index (κ3) is 6.74. The van der Waals surface area contributed by atoms with Crippen LogP contribution in [0.5, 0.6) is 11.5 Å². The zero-order chi connectivity index (χ0) is 28.1. The highest BCUT2D eigenvalue weighted by Crippen LogP contribution is 2.30. The van der Waals surface area contributed by atoms with E-state index in [9.17, 15) is 22.8 Å². The number of ether oxygens (including phenoxy) is 4. The molecule has 0 radical (unpaired) electrons. The van der Waals surface area contributed by atoms with Gasteiger partial charge in [-0.15, -0.1) is 5.10 Å². The highest BCUT2D eigenvalue weighted by atomic mass is 19.4. The zero-order valence-electron chi connectivity index (χ0n) is 21.8. The lowest BCUT2D eigenvalue weighted by atomic mass is 10.1. The number of aryl methyl sites for hydroxylation is 1. The number of hydrogen-bond donors (Lipinski definition) is 0. The molecule has 206 valence electrons. The fourth-order valence-electron chi connectivity index (χ4n) is 3.51. The van der Waals surface area contributed by atoms with Gasteiger partial charge in [0.05, 0.1) is 31.0 Å². The van der Waals surface area contributed by atoms with Crippen molar-refractivity contribution in [3.8, 4) is 17.2 Å². The minimum absolute atomic E-state index is 0.0967. The molecule has 9 nitrogen and oxygen atoms in total. The number of nitrogens with zero attached hydrogens (tertiary/aromatic N) is 3. The first-order valence-corrected chi connectivity index (χ1v) is 11.8. The molecule has 3 aromatic rings. The maximum atomic E-state index is 13.0. The summed E-state index contributed by atoms with van der Waals surface area (Å²) in [5.41, 5.74) is -1.67. The van der Waals surface area contributed by atoms with E-state index in [0.717, 1.165) is 16.8 Å². The van der Waals surface area contributed by atoms with Gasteiger partial charge >= 0.3 is 17.8 Å². The number of esters is 1. The Morgan fingerprint density at radius 3 is 2.34 bits per heavy atom. The summed E-state index contributed by atoms with van der Waals surface area (Å²) in [6.45, 7) is 7.25. The Morgan fingerprint density at radius 1 is 1.08 bits per heavy atom. The van der Waals surface area contributed by atoms with E-state index in [1.807, 2.05) is 0 Å². The van der Waals surface area contributed by atoms with Crippen LogP contribution < -0.4 is 15.2 Å². The fraction of sp³-hybridized carbons (Fsp3) is 0.423. The lowest BCUT2D eigenvalue weighted by Crippen LogP contribution is -2.39. The van der Waals surface area contributed by atoms with Crippen molar-refractivity contribution in [1.29, 1.82) is 0 Å². The second kappa shape index (κ2) is 11.7. The molecule has 2 aromatic carbocycles. The van der Waals surface area contributed by atoms with Gasteiger partial charge in [0.1, 0.15) is 18.1 Å². The van der Waals surface area contributed by atoms with Gasteiger partial charge in [-0.25, -0.2) is 9.59 Å². The van der Waals surface area contributed by atoms with Crippen molar-refractivity contribution in [2.24, 2.45) is 0 Å². The highest BCUT2D eigenvalue weighted by molar-refractivity contribution is 5.79. The predicted octanol–water partition coefficient (Wildman–Crippen LogP) is 4.31. The molecule has 0 spiro atoms. The van der Waals surface area contributed by atoms with E-state index in [1.165, 1.54) is 23.8 Å². The summed E-state index contributed by atoms with van der Waals surface area (Å²) in [4.78, 5) is 25.1. The second-order valence-electron chi connectivity index (χ2n) is 8.85. The Balaban J connectivity index is 1.81. The fourth-order valence-corrected chi connectivity index (χ4v) is 3.51. The summed E-state index contributed by atoms with van der Waals surface area (Å²) in [6.07, 6.45) is -4.49. The number of alkyl halides is 3. The van der Waals surface area contributed by atoms with E-state index in [2.05, 4.69) is 5.10 Å². The summed E-state index contributed by atoms with van der Waals surface area (Å²) in [5.74, 6) is 0.698. The van der Waals surface area contributed by atoms with Gasteiger partial charge in [0.2, 0.25) is 0 Å². The highest BCUT2D eigenvalue weighted by Gasteiger charge is 2.32. The van der Waals surface area contributed by atoms with Gasteiger partial charge in [-0.2, -0.15) is 17.9 Å². The summed E-state index contributed by atoms with van der Waals surface area (Å²) >= 11 is 0. The van der Waals surface area contributed by atoms with Gasteiger partial charge in [0.15, 0.2) is 11.4 Å². The van der Waals surface area contributed by atoms with Crippen LogP contribution in [0.2, 0.25) is 0 Å². The minimum Gasteiger partial charge on any atom is -0.486 e. The number of halogens is 3. The summed E-state index contributed by atoms with van der Waals surface area (Å²) in [7, 11) is 1.48. The van der Waals surface area contributed by atoms with Crippen LogP contribution in [0.3, 0.4) is 0 Å². The van der Waals surface area contributed by atoms with Crippen molar-refractivity contribution in [2.45, 2.75) is 52.6 Å². The Labute approximate surface area is 217 Å². The average Bonchev–Trinajstić information content (AvgIpc) is 3.17. The molecule has 0 aliphatic heterocycles. The SMILES string of the molecule is CCOC(=O)C(C)(C)Oc1ccc(OCc2nn(-c3ccc(C(F)(F)F)cc3)c(=O)n2CCOC)cc1C. The molecule has 0 saturated heterocycles. The Kier molecular flexibility index (Phi) is 8.87. The molecule has 0 saturated carbocycles. The smallest absolute Gasteiger partial charge is 0.416 e. The van der Waals surface area contributed by atoms with Crippen LogP contribution >= 0.6 is 0 Å². The van der Waals surface area contributed by atoms with Crippen molar-refractivity contribution in [3.05, 3.63) is 69.9 Å². The van der Waals surface area contributed by atoms with Crippen LogP contribution in [0.4, 0.5) is 13.2 Å². The van der Waals surface area contributed by atoms with Crippen LogP contribution in [0.25, 0.3) is 5.69 Å². The number of hydrogen-bond acceptors (Lipinski definition) is 7. The molecule has 0 unspecified atom stereocenters. The van der Waals surface area contributed by atoms with Crippen LogP contribution in [0.15, 0.2) is 47.3 Å². The molecular formula is C26H30F3N3O6. The van der Waals surface area contributed by atoms with Gasteiger partial charge in [-0.3, -0.25) is 4.57 Å². The minimum atomic E-state index is -4.49. The zero-order valence-corrected chi connectivity index (χ0v) is 21.8. The van der Waals surface area contributed by atoms with Crippen LogP contribution in [-0.2, 0) is 33.6 Å². The summed E-state index contributed by atoms with van der Waals surface area (Å²) in [5, 5.41) is 4.29. The summed E-state index contributed by atoms with van der Waals surface area (Å²) in [6, 6.07) is 9.16. The third-order valence-electron chi connectivity index (χ3n) is 5.54. The van der Waals surface area contributed by atoms with Gasteiger partial charge in [-0.05, 0) is 75.7 Å². The first-order chi connectivity index (χ1) is 17.9. The van der Waals surface area contributed by atoms with Crippen molar-refractivity contribution in [1.82, 2.24) is 14.3 Å². The largest absolute Gasteiger partial charge is 0.486 e. The number of methoxy groups -OCH3 is 1. The molecule has 12 heteroatoms. The second-order valence-corrected chi connectivity index (χ2v) is 8.85. The molecule has 3 rings (SSSR count). The van der Waals surface area contributed by atoms with Gasteiger partial charge < -0.3 is 18.9 Å². The average molecular weight is 538 g/mol. The van der Waals surface area contributed by atoms with E-state index in [-0.39, 0.29) is 37.9 Å². The Morgan fingerprint density at radius 2 is 1.76 bits per heavy atom. The van der Waals surface area contributed by atoms with Crippen molar-refractivity contribution in [2.75, 3.05) is 20.3 Å². The predicted molar refractivity (Wildman–Crippen MR) is 132 cm³/mol. The van der Waals surface area contributed by atoms with Crippen LogP contribution in [0, 0.1) is 6.92 Å². The van der Waals surface area contributed by atoms with Gasteiger partial charge in [-0.1, -0.05) is 0 Å². The number of benzene rings is 2. The first kappa shape index (κ1) is 28.8. The molecule has 0 aliphatic rings. The molecule has 0 N–H and O–H groups in total. The van der Waals surface area contributed by atoms with Crippen molar-refractivity contribution >= 4 is 5.97 Å². The molecule has 0 atom stereocenters. The van der Waals surface area contributed by atoms with Crippen molar-refractivity contribution < 1.29 is 36.9 Å².